The van der Waals surface area contributed by atoms with Crippen LogP contribution in [0.15, 0.2) is 24.3 Å². The zero-order valence-electron chi connectivity index (χ0n) is 6.53. The molecule has 0 saturated carbocycles. The standard InChI is InChI=1S/C9H9ClS2/c10-8-3-1-7(2-4-8)9-11-5-6-12-9/h1-4,9H,5-6H2/p+1. The first kappa shape index (κ1) is 8.79. The van der Waals surface area contributed by atoms with Crippen molar-refractivity contribution in [2.24, 2.45) is 0 Å². The summed E-state index contributed by atoms with van der Waals surface area (Å²) in [7, 11) is 0. The number of thioether (sulfide) groups is 1. The topological polar surface area (TPSA) is 0 Å². The zero-order valence-corrected chi connectivity index (χ0v) is 9.00. The van der Waals surface area contributed by atoms with Crippen LogP contribution in [0, 0.1) is 0 Å². The largest absolute Gasteiger partial charge is 0.186 e. The fourth-order valence-corrected chi connectivity index (χ4v) is 4.43. The third-order valence-electron chi connectivity index (χ3n) is 1.82. The highest BCUT2D eigenvalue weighted by atomic mass is 35.5. The summed E-state index contributed by atoms with van der Waals surface area (Å²) in [6, 6.07) is 8.23. The van der Waals surface area contributed by atoms with Crippen LogP contribution < -0.4 is 0 Å². The van der Waals surface area contributed by atoms with Crippen LogP contribution in [0.1, 0.15) is 10.1 Å². The molecule has 1 saturated heterocycles. The second kappa shape index (κ2) is 3.95. The van der Waals surface area contributed by atoms with Gasteiger partial charge in [0.1, 0.15) is 5.75 Å². The predicted molar refractivity (Wildman–Crippen MR) is 60.3 cm³/mol. The molecule has 0 spiro atoms. The fourth-order valence-electron chi connectivity index (χ4n) is 1.22. The van der Waals surface area contributed by atoms with Crippen molar-refractivity contribution in [2.75, 3.05) is 11.5 Å². The van der Waals surface area contributed by atoms with E-state index in [1.54, 1.807) is 11.8 Å². The van der Waals surface area contributed by atoms with Crippen molar-refractivity contribution in [3.63, 3.8) is 0 Å². The van der Waals surface area contributed by atoms with E-state index in [0.29, 0.717) is 4.58 Å². The van der Waals surface area contributed by atoms with Gasteiger partial charge in [-0.25, -0.2) is 0 Å². The lowest BCUT2D eigenvalue weighted by Gasteiger charge is -2.01. The molecule has 0 nitrogen and oxygen atoms in total. The SMILES string of the molecule is Clc1ccc(C2SCC[SH+]2)cc1. The van der Waals surface area contributed by atoms with Crippen LogP contribution in [0.25, 0.3) is 0 Å². The minimum atomic E-state index is 0.697. The molecule has 0 N–H and O–H groups in total. The first-order valence-corrected chi connectivity index (χ1v) is 6.47. The number of hydrogen-bond donors (Lipinski definition) is 0. The first-order valence-electron chi connectivity index (χ1n) is 3.90. The molecule has 1 unspecified atom stereocenters. The maximum absolute atomic E-state index is 5.81. The molecule has 3 heteroatoms. The Morgan fingerprint density at radius 1 is 1.33 bits per heavy atom. The summed E-state index contributed by atoms with van der Waals surface area (Å²) in [6.07, 6.45) is 0. The highest BCUT2D eigenvalue weighted by Gasteiger charge is 2.25. The van der Waals surface area contributed by atoms with Gasteiger partial charge in [0.05, 0.1) is 0 Å². The molecule has 1 aliphatic heterocycles. The summed E-state index contributed by atoms with van der Waals surface area (Å²) in [5.74, 6) is 2.63. The van der Waals surface area contributed by atoms with Crippen LogP contribution in [0.4, 0.5) is 0 Å². The Hall–Kier alpha value is 0.210. The van der Waals surface area contributed by atoms with Gasteiger partial charge in [-0.15, -0.1) is 0 Å². The van der Waals surface area contributed by atoms with E-state index >= 15 is 0 Å². The number of thiol groups is 1. The highest BCUT2D eigenvalue weighted by molar-refractivity contribution is 8.11. The molecule has 0 aromatic heterocycles. The van der Waals surface area contributed by atoms with Gasteiger partial charge in [0.2, 0.25) is 0 Å². The second-order valence-corrected chi connectivity index (χ2v) is 6.01. The molecular weight excluding hydrogens is 208 g/mol. The molecule has 64 valence electrons. The molecule has 1 aromatic carbocycles. The van der Waals surface area contributed by atoms with Gasteiger partial charge < -0.3 is 0 Å². The number of hydrogen-bond acceptors (Lipinski definition) is 1. The van der Waals surface area contributed by atoms with Crippen molar-refractivity contribution >= 4 is 35.1 Å². The van der Waals surface area contributed by atoms with Gasteiger partial charge in [0.15, 0.2) is 4.58 Å². The number of benzene rings is 1. The van der Waals surface area contributed by atoms with Crippen molar-refractivity contribution in [2.45, 2.75) is 4.58 Å². The summed E-state index contributed by atoms with van der Waals surface area (Å²) in [5, 5.41) is 0.832. The normalized spacial score (nSPS) is 22.9. The summed E-state index contributed by atoms with van der Waals surface area (Å²) >= 11 is 9.41. The lowest BCUT2D eigenvalue weighted by Crippen LogP contribution is -1.90. The molecule has 1 fully saturated rings. The van der Waals surface area contributed by atoms with E-state index in [2.05, 4.69) is 12.1 Å². The molecule has 1 aromatic rings. The van der Waals surface area contributed by atoms with Crippen LogP contribution in [-0.4, -0.2) is 11.5 Å². The van der Waals surface area contributed by atoms with Gasteiger partial charge >= 0.3 is 0 Å². The van der Waals surface area contributed by atoms with Crippen LogP contribution >= 0.6 is 23.4 Å². The monoisotopic (exact) mass is 217 g/mol. The molecule has 0 radical (unpaired) electrons. The van der Waals surface area contributed by atoms with Gasteiger partial charge in [-0.2, -0.15) is 0 Å². The third-order valence-corrected chi connectivity index (χ3v) is 5.41. The molecule has 0 amide bonds. The van der Waals surface area contributed by atoms with Crippen molar-refractivity contribution in [3.8, 4) is 0 Å². The Kier molecular flexibility index (Phi) is 2.89. The highest BCUT2D eigenvalue weighted by Crippen LogP contribution is 2.35. The Morgan fingerprint density at radius 3 is 2.67 bits per heavy atom. The fraction of sp³-hybridized carbons (Fsp3) is 0.333. The zero-order chi connectivity index (χ0) is 8.39. The van der Waals surface area contributed by atoms with E-state index in [-0.39, 0.29) is 0 Å². The minimum absolute atomic E-state index is 0.697. The molecule has 2 rings (SSSR count). The molecule has 0 bridgehead atoms. The van der Waals surface area contributed by atoms with Gasteiger partial charge in [-0.3, -0.25) is 0 Å². The van der Waals surface area contributed by atoms with Gasteiger partial charge in [-0.05, 0) is 23.9 Å². The molecular formula is C9H10ClS2+. The van der Waals surface area contributed by atoms with Crippen molar-refractivity contribution in [3.05, 3.63) is 34.9 Å². The second-order valence-electron chi connectivity index (χ2n) is 2.68. The summed E-state index contributed by atoms with van der Waals surface area (Å²) < 4.78 is 0.697. The Balaban J connectivity index is 2.17. The molecule has 12 heavy (non-hydrogen) atoms. The number of halogens is 1. The maximum atomic E-state index is 5.81. The average Bonchev–Trinajstić information content (AvgIpc) is 2.58. The Morgan fingerprint density at radius 2 is 2.08 bits per heavy atom. The van der Waals surface area contributed by atoms with Crippen LogP contribution in [0.5, 0.6) is 0 Å². The van der Waals surface area contributed by atoms with E-state index in [0.717, 1.165) is 5.02 Å². The van der Waals surface area contributed by atoms with E-state index in [4.69, 9.17) is 11.6 Å². The van der Waals surface area contributed by atoms with Crippen LogP contribution in [-0.2, 0) is 11.8 Å². The lowest BCUT2D eigenvalue weighted by molar-refractivity contribution is 1.39. The molecule has 1 heterocycles. The van der Waals surface area contributed by atoms with Gasteiger partial charge in [-0.1, -0.05) is 35.5 Å². The van der Waals surface area contributed by atoms with E-state index in [1.807, 2.05) is 23.9 Å². The molecule has 1 atom stereocenters. The van der Waals surface area contributed by atoms with Crippen molar-refractivity contribution < 1.29 is 0 Å². The van der Waals surface area contributed by atoms with E-state index in [1.165, 1.54) is 17.1 Å². The smallest absolute Gasteiger partial charge is 0.0958 e. The molecule has 1 aliphatic rings. The first-order chi connectivity index (χ1) is 5.86. The van der Waals surface area contributed by atoms with E-state index in [9.17, 15) is 0 Å². The Labute approximate surface area is 86.1 Å². The van der Waals surface area contributed by atoms with Gasteiger partial charge in [0.25, 0.3) is 0 Å². The summed E-state index contributed by atoms with van der Waals surface area (Å²) in [5.41, 5.74) is 1.42. The Bertz CT molecular complexity index is 252. The molecule has 0 aliphatic carbocycles. The van der Waals surface area contributed by atoms with Crippen molar-refractivity contribution in [1.82, 2.24) is 0 Å². The number of rotatable bonds is 1. The predicted octanol–water partition coefficient (Wildman–Crippen LogP) is 2.90. The third kappa shape index (κ3) is 1.93. The summed E-state index contributed by atoms with van der Waals surface area (Å²) in [6.45, 7) is 0. The quantitative estimate of drug-likeness (QED) is 0.515. The maximum Gasteiger partial charge on any atom is 0.186 e. The minimum Gasteiger partial charge on any atom is -0.0958 e. The van der Waals surface area contributed by atoms with Crippen LogP contribution in [0.3, 0.4) is 0 Å². The lowest BCUT2D eigenvalue weighted by atomic mass is 10.2. The summed E-state index contributed by atoms with van der Waals surface area (Å²) in [4.78, 5) is 0. The van der Waals surface area contributed by atoms with Crippen molar-refractivity contribution in [1.29, 1.82) is 0 Å². The average molecular weight is 218 g/mol. The van der Waals surface area contributed by atoms with Gasteiger partial charge in [0, 0.05) is 16.3 Å². The van der Waals surface area contributed by atoms with Crippen LogP contribution in [0.2, 0.25) is 5.02 Å². The van der Waals surface area contributed by atoms with E-state index < -0.39 is 0 Å².